The minimum Gasteiger partial charge on any atom is -0.494 e. The molecule has 1 aliphatic rings. The number of amides is 1. The van der Waals surface area contributed by atoms with E-state index >= 15 is 0 Å². The largest absolute Gasteiger partial charge is 0.494 e. The molecule has 1 amide bonds. The van der Waals surface area contributed by atoms with E-state index in [9.17, 15) is 4.79 Å². The van der Waals surface area contributed by atoms with Crippen LogP contribution in [-0.2, 0) is 0 Å². The topological polar surface area (TPSA) is 57.7 Å². The van der Waals surface area contributed by atoms with Gasteiger partial charge >= 0.3 is 0 Å². The fraction of sp³-hybridized carbons (Fsp3) is 0.391. The van der Waals surface area contributed by atoms with E-state index < -0.39 is 0 Å². The zero-order chi connectivity index (χ0) is 20.9. The summed E-state index contributed by atoms with van der Waals surface area (Å²) in [6.45, 7) is 10.1. The molecule has 0 spiro atoms. The number of aryl methyl sites for hydroxylation is 1. The second-order valence-electron chi connectivity index (χ2n) is 7.51. The smallest absolute Gasteiger partial charge is 0.251 e. The third-order valence-corrected chi connectivity index (χ3v) is 6.40. The van der Waals surface area contributed by atoms with E-state index in [2.05, 4.69) is 40.2 Å². The van der Waals surface area contributed by atoms with Crippen molar-refractivity contribution < 1.29 is 9.53 Å². The van der Waals surface area contributed by atoms with Gasteiger partial charge < -0.3 is 15.0 Å². The molecule has 2 heterocycles. The number of carbonyl (C=O) groups is 1. The molecule has 0 bridgehead atoms. The molecule has 1 saturated heterocycles. The number of rotatable bonds is 7. The number of hydrogen-bond donors (Lipinski definition) is 1. The van der Waals surface area contributed by atoms with Gasteiger partial charge in [0.15, 0.2) is 5.13 Å². The van der Waals surface area contributed by atoms with Crippen LogP contribution in [0.4, 0.5) is 5.13 Å². The molecule has 158 valence electrons. The first-order valence-electron chi connectivity index (χ1n) is 10.5. The molecule has 0 atom stereocenters. The highest BCUT2D eigenvalue weighted by Gasteiger charge is 2.19. The standard InChI is InChI=1S/C23H28N4O2S/c1-3-29-19-7-5-18(6-8-19)22(28)24-10-11-26-12-14-27(15-13-26)23-25-20-9-4-17(2)16-21(20)30-23/h4-9,16H,3,10-15H2,1-2H3,(H,24,28). The first-order chi connectivity index (χ1) is 14.6. The van der Waals surface area contributed by atoms with Crippen molar-refractivity contribution in [3.8, 4) is 5.75 Å². The van der Waals surface area contributed by atoms with Crippen LogP contribution in [-0.4, -0.2) is 61.7 Å². The van der Waals surface area contributed by atoms with Gasteiger partial charge in [-0.2, -0.15) is 0 Å². The van der Waals surface area contributed by atoms with Crippen molar-refractivity contribution in [2.45, 2.75) is 13.8 Å². The monoisotopic (exact) mass is 424 g/mol. The van der Waals surface area contributed by atoms with E-state index in [0.29, 0.717) is 18.7 Å². The number of piperazine rings is 1. The molecule has 0 saturated carbocycles. The molecule has 1 aliphatic heterocycles. The Morgan fingerprint density at radius 3 is 2.63 bits per heavy atom. The maximum Gasteiger partial charge on any atom is 0.251 e. The van der Waals surface area contributed by atoms with Crippen LogP contribution in [0.25, 0.3) is 10.2 Å². The average Bonchev–Trinajstić information content (AvgIpc) is 3.18. The Kier molecular flexibility index (Phi) is 6.50. The van der Waals surface area contributed by atoms with E-state index in [1.807, 2.05) is 19.1 Å². The number of thiazole rings is 1. The summed E-state index contributed by atoms with van der Waals surface area (Å²) >= 11 is 1.77. The van der Waals surface area contributed by atoms with Gasteiger partial charge in [0, 0.05) is 44.8 Å². The van der Waals surface area contributed by atoms with Gasteiger partial charge in [-0.25, -0.2) is 4.98 Å². The summed E-state index contributed by atoms with van der Waals surface area (Å²) in [6, 6.07) is 13.7. The van der Waals surface area contributed by atoms with E-state index in [1.165, 1.54) is 10.3 Å². The Labute approximate surface area is 181 Å². The summed E-state index contributed by atoms with van der Waals surface area (Å²) < 4.78 is 6.67. The minimum atomic E-state index is -0.0403. The SMILES string of the molecule is CCOc1ccc(C(=O)NCCN2CCN(c3nc4ccc(C)cc4s3)CC2)cc1. The Morgan fingerprint density at radius 1 is 1.13 bits per heavy atom. The van der Waals surface area contributed by atoms with E-state index in [1.54, 1.807) is 23.5 Å². The highest BCUT2D eigenvalue weighted by Crippen LogP contribution is 2.30. The molecule has 0 unspecified atom stereocenters. The summed E-state index contributed by atoms with van der Waals surface area (Å²) in [5.41, 5.74) is 3.02. The summed E-state index contributed by atoms with van der Waals surface area (Å²) in [4.78, 5) is 21.9. The van der Waals surface area contributed by atoms with E-state index in [4.69, 9.17) is 9.72 Å². The Balaban J connectivity index is 1.22. The van der Waals surface area contributed by atoms with Gasteiger partial charge in [0.2, 0.25) is 0 Å². The fourth-order valence-electron chi connectivity index (χ4n) is 3.62. The zero-order valence-electron chi connectivity index (χ0n) is 17.6. The summed E-state index contributed by atoms with van der Waals surface area (Å²) in [5, 5.41) is 4.13. The molecule has 1 fully saturated rings. The van der Waals surface area contributed by atoms with Crippen molar-refractivity contribution in [2.75, 3.05) is 50.8 Å². The lowest BCUT2D eigenvalue weighted by Gasteiger charge is -2.34. The third-order valence-electron chi connectivity index (χ3n) is 5.32. The Morgan fingerprint density at radius 2 is 1.90 bits per heavy atom. The lowest BCUT2D eigenvalue weighted by atomic mass is 10.2. The van der Waals surface area contributed by atoms with E-state index in [-0.39, 0.29) is 5.91 Å². The molecular weight excluding hydrogens is 396 g/mol. The van der Waals surface area contributed by atoms with Crippen molar-refractivity contribution in [1.82, 2.24) is 15.2 Å². The van der Waals surface area contributed by atoms with Crippen LogP contribution in [0, 0.1) is 6.92 Å². The predicted octanol–water partition coefficient (Wildman–Crippen LogP) is 3.56. The number of hydrogen-bond acceptors (Lipinski definition) is 6. The van der Waals surface area contributed by atoms with Crippen molar-refractivity contribution in [3.05, 3.63) is 53.6 Å². The van der Waals surface area contributed by atoms with Crippen molar-refractivity contribution >= 4 is 32.6 Å². The van der Waals surface area contributed by atoms with Gasteiger partial charge in [-0.1, -0.05) is 17.4 Å². The van der Waals surface area contributed by atoms with Crippen LogP contribution in [0.2, 0.25) is 0 Å². The first-order valence-corrected chi connectivity index (χ1v) is 11.3. The van der Waals surface area contributed by atoms with E-state index in [0.717, 1.165) is 49.1 Å². The number of benzene rings is 2. The highest BCUT2D eigenvalue weighted by molar-refractivity contribution is 7.22. The molecule has 6 nitrogen and oxygen atoms in total. The van der Waals surface area contributed by atoms with Crippen LogP contribution < -0.4 is 15.0 Å². The highest BCUT2D eigenvalue weighted by atomic mass is 32.1. The van der Waals surface area contributed by atoms with Crippen molar-refractivity contribution in [1.29, 1.82) is 0 Å². The number of anilines is 1. The maximum absolute atomic E-state index is 12.3. The number of aromatic nitrogens is 1. The normalized spacial score (nSPS) is 14.8. The van der Waals surface area contributed by atoms with Gasteiger partial charge in [-0.15, -0.1) is 0 Å². The van der Waals surface area contributed by atoms with Crippen LogP contribution in [0.1, 0.15) is 22.8 Å². The summed E-state index contributed by atoms with van der Waals surface area (Å²) in [5.74, 6) is 0.747. The quantitative estimate of drug-likeness (QED) is 0.629. The zero-order valence-corrected chi connectivity index (χ0v) is 18.4. The first kappa shape index (κ1) is 20.6. The molecule has 3 aromatic rings. The molecule has 2 aromatic carbocycles. The lowest BCUT2D eigenvalue weighted by molar-refractivity contribution is 0.0947. The number of nitrogens with zero attached hydrogens (tertiary/aromatic N) is 3. The average molecular weight is 425 g/mol. The minimum absolute atomic E-state index is 0.0403. The van der Waals surface area contributed by atoms with Gasteiger partial charge in [-0.3, -0.25) is 9.69 Å². The Hall–Kier alpha value is -2.64. The second kappa shape index (κ2) is 9.45. The lowest BCUT2D eigenvalue weighted by Crippen LogP contribution is -2.48. The summed E-state index contributed by atoms with van der Waals surface area (Å²) in [7, 11) is 0. The number of ether oxygens (including phenoxy) is 1. The second-order valence-corrected chi connectivity index (χ2v) is 8.52. The molecule has 0 radical (unpaired) electrons. The molecular formula is C23H28N4O2S. The number of nitrogens with one attached hydrogen (secondary N) is 1. The van der Waals surface area contributed by atoms with Gasteiger partial charge in [-0.05, 0) is 55.8 Å². The molecule has 4 rings (SSSR count). The third kappa shape index (κ3) is 4.91. The molecule has 7 heteroatoms. The molecule has 0 aliphatic carbocycles. The van der Waals surface area contributed by atoms with Crippen LogP contribution in [0.5, 0.6) is 5.75 Å². The maximum atomic E-state index is 12.3. The van der Waals surface area contributed by atoms with Gasteiger partial charge in [0.05, 0.1) is 16.8 Å². The fourth-order valence-corrected chi connectivity index (χ4v) is 4.73. The van der Waals surface area contributed by atoms with Crippen LogP contribution in [0.15, 0.2) is 42.5 Å². The Bertz CT molecular complexity index is 994. The van der Waals surface area contributed by atoms with Crippen molar-refractivity contribution in [2.24, 2.45) is 0 Å². The summed E-state index contributed by atoms with van der Waals surface area (Å²) in [6.07, 6.45) is 0. The van der Waals surface area contributed by atoms with Crippen molar-refractivity contribution in [3.63, 3.8) is 0 Å². The molecule has 30 heavy (non-hydrogen) atoms. The molecule has 1 N–H and O–H groups in total. The predicted molar refractivity (Wildman–Crippen MR) is 123 cm³/mol. The van der Waals surface area contributed by atoms with Crippen LogP contribution >= 0.6 is 11.3 Å². The number of fused-ring (bicyclic) bond motifs is 1. The number of carbonyl (C=O) groups excluding carboxylic acids is 1. The van der Waals surface area contributed by atoms with Crippen LogP contribution in [0.3, 0.4) is 0 Å². The van der Waals surface area contributed by atoms with Gasteiger partial charge in [0.1, 0.15) is 5.75 Å². The molecule has 1 aromatic heterocycles. The van der Waals surface area contributed by atoms with Gasteiger partial charge in [0.25, 0.3) is 5.91 Å².